The van der Waals surface area contributed by atoms with Crippen molar-refractivity contribution in [1.82, 2.24) is 16.0 Å². The van der Waals surface area contributed by atoms with E-state index in [1.54, 1.807) is 12.1 Å². The minimum absolute atomic E-state index is 0.00393. The van der Waals surface area contributed by atoms with Gasteiger partial charge < -0.3 is 31.9 Å². The summed E-state index contributed by atoms with van der Waals surface area (Å²) < 4.78 is 0. The van der Waals surface area contributed by atoms with E-state index in [-0.39, 0.29) is 17.9 Å². The van der Waals surface area contributed by atoms with Crippen LogP contribution in [0, 0.1) is 0 Å². The molecule has 0 bridgehead atoms. The maximum atomic E-state index is 12.6. The van der Waals surface area contributed by atoms with Crippen LogP contribution in [0.5, 0.6) is 5.75 Å². The highest BCUT2D eigenvalue weighted by Crippen LogP contribution is 2.11. The van der Waals surface area contributed by atoms with Gasteiger partial charge >= 0.3 is 5.97 Å². The number of phenolic OH excluding ortho intramolecular Hbond substituents is 1. The maximum absolute atomic E-state index is 12.6. The van der Waals surface area contributed by atoms with Crippen molar-refractivity contribution in [2.45, 2.75) is 43.9 Å². The van der Waals surface area contributed by atoms with Crippen molar-refractivity contribution in [2.24, 2.45) is 5.73 Å². The Morgan fingerprint density at radius 2 is 1.62 bits per heavy atom. The van der Waals surface area contributed by atoms with Crippen molar-refractivity contribution in [3.05, 3.63) is 29.8 Å². The number of carboxylic acids is 1. The van der Waals surface area contributed by atoms with Crippen LogP contribution in [0.25, 0.3) is 0 Å². The molecule has 3 amide bonds. The Morgan fingerprint density at radius 3 is 2.16 bits per heavy atom. The first kappa shape index (κ1) is 27.6. The zero-order valence-electron chi connectivity index (χ0n) is 17.9. The second kappa shape index (κ2) is 13.9. The topological polar surface area (TPSA) is 171 Å². The number of carboxylic acid groups (broad SMARTS) is 1. The van der Waals surface area contributed by atoms with Gasteiger partial charge in [-0.15, -0.1) is 0 Å². The maximum Gasteiger partial charge on any atom is 0.326 e. The smallest absolute Gasteiger partial charge is 0.326 e. The normalized spacial score (nSPS) is 14.5. The lowest BCUT2D eigenvalue weighted by atomic mass is 10.1. The number of carbonyl (C=O) groups excluding carboxylic acids is 3. The molecule has 32 heavy (non-hydrogen) atoms. The van der Waals surface area contributed by atoms with Gasteiger partial charge in [0.2, 0.25) is 17.7 Å². The molecular weight excluding hydrogens is 456 g/mol. The third-order valence-corrected chi connectivity index (χ3v) is 5.56. The summed E-state index contributed by atoms with van der Waals surface area (Å²) in [6.45, 7) is 1.42. The second-order valence-electron chi connectivity index (χ2n) is 7.13. The van der Waals surface area contributed by atoms with E-state index in [0.29, 0.717) is 17.7 Å². The molecule has 0 saturated carbocycles. The predicted octanol–water partition coefficient (Wildman–Crippen LogP) is -0.496. The number of phenols is 1. The Kier molecular flexibility index (Phi) is 12.0. The van der Waals surface area contributed by atoms with Crippen LogP contribution in [0.2, 0.25) is 0 Å². The first-order chi connectivity index (χ1) is 15.1. The van der Waals surface area contributed by atoms with E-state index in [4.69, 9.17) is 5.73 Å². The molecule has 4 atom stereocenters. The van der Waals surface area contributed by atoms with Crippen LogP contribution in [-0.2, 0) is 25.6 Å². The van der Waals surface area contributed by atoms with Gasteiger partial charge in [0.1, 0.15) is 23.9 Å². The van der Waals surface area contributed by atoms with Gasteiger partial charge in [-0.3, -0.25) is 14.4 Å². The molecule has 0 heterocycles. The number of thiol groups is 1. The molecular formula is C20H30N4O6S2. The third-order valence-electron chi connectivity index (χ3n) is 4.52. The van der Waals surface area contributed by atoms with Gasteiger partial charge in [-0.2, -0.15) is 24.4 Å². The third kappa shape index (κ3) is 9.37. The van der Waals surface area contributed by atoms with E-state index in [0.717, 1.165) is 0 Å². The average Bonchev–Trinajstić information content (AvgIpc) is 2.76. The van der Waals surface area contributed by atoms with E-state index in [2.05, 4.69) is 28.6 Å². The summed E-state index contributed by atoms with van der Waals surface area (Å²) in [6.07, 6.45) is 2.17. The number of aliphatic carboxylic acids is 1. The quantitative estimate of drug-likeness (QED) is 0.183. The van der Waals surface area contributed by atoms with Crippen LogP contribution < -0.4 is 21.7 Å². The van der Waals surface area contributed by atoms with Crippen molar-refractivity contribution in [3.8, 4) is 5.75 Å². The van der Waals surface area contributed by atoms with Gasteiger partial charge in [0.15, 0.2) is 0 Å². The highest BCUT2D eigenvalue weighted by molar-refractivity contribution is 7.98. The van der Waals surface area contributed by atoms with Crippen LogP contribution in [0.1, 0.15) is 18.9 Å². The molecule has 0 aliphatic carbocycles. The van der Waals surface area contributed by atoms with E-state index in [1.807, 2.05) is 6.26 Å². The lowest BCUT2D eigenvalue weighted by molar-refractivity contribution is -0.142. The van der Waals surface area contributed by atoms with E-state index in [1.165, 1.54) is 30.8 Å². The van der Waals surface area contributed by atoms with Crippen LogP contribution in [0.3, 0.4) is 0 Å². The molecule has 0 spiro atoms. The Labute approximate surface area is 196 Å². The molecule has 1 aromatic rings. The van der Waals surface area contributed by atoms with Gasteiger partial charge in [-0.1, -0.05) is 12.1 Å². The highest BCUT2D eigenvalue weighted by atomic mass is 32.2. The number of aromatic hydroxyl groups is 1. The first-order valence-electron chi connectivity index (χ1n) is 9.86. The van der Waals surface area contributed by atoms with E-state index >= 15 is 0 Å². The molecule has 178 valence electrons. The molecule has 0 saturated heterocycles. The number of amides is 3. The Morgan fingerprint density at radius 1 is 1.03 bits per heavy atom. The summed E-state index contributed by atoms with van der Waals surface area (Å²) in [5.41, 5.74) is 6.24. The van der Waals surface area contributed by atoms with Gasteiger partial charge in [-0.05, 0) is 43.0 Å². The van der Waals surface area contributed by atoms with Crippen molar-refractivity contribution < 1.29 is 29.4 Å². The molecule has 12 heteroatoms. The fraction of sp³-hybridized carbons (Fsp3) is 0.500. The van der Waals surface area contributed by atoms with Crippen molar-refractivity contribution in [2.75, 3.05) is 17.8 Å². The Balaban J connectivity index is 2.76. The molecule has 10 nitrogen and oxygen atoms in total. The largest absolute Gasteiger partial charge is 0.508 e. The fourth-order valence-electron chi connectivity index (χ4n) is 2.61. The lowest BCUT2D eigenvalue weighted by Gasteiger charge is -2.23. The standard InChI is InChI=1S/C20H30N4O6S2/c1-11(22-19(28)15(7-8-32-2)23-18(27)14(21)10-31)17(26)24-16(20(29)30)9-12-3-5-13(25)6-4-12/h3-6,11,14-16,25,31H,7-10,21H2,1-2H3,(H,22,28)(H,23,27)(H,24,26)(H,29,30). The Bertz CT molecular complexity index is 793. The molecule has 0 aliphatic heterocycles. The zero-order chi connectivity index (χ0) is 24.3. The van der Waals surface area contributed by atoms with Gasteiger partial charge in [0, 0.05) is 12.2 Å². The van der Waals surface area contributed by atoms with Crippen molar-refractivity contribution >= 4 is 48.1 Å². The SMILES string of the molecule is CSCCC(NC(=O)C(N)CS)C(=O)NC(C)C(=O)NC(Cc1ccc(O)cc1)C(=O)O. The molecule has 4 unspecified atom stereocenters. The summed E-state index contributed by atoms with van der Waals surface area (Å²) in [6, 6.07) is 1.89. The number of carbonyl (C=O) groups is 4. The van der Waals surface area contributed by atoms with Gasteiger partial charge in [0.25, 0.3) is 0 Å². The molecule has 0 aromatic heterocycles. The number of hydrogen-bond acceptors (Lipinski definition) is 8. The second-order valence-corrected chi connectivity index (χ2v) is 8.48. The summed E-state index contributed by atoms with van der Waals surface area (Å²) >= 11 is 5.46. The summed E-state index contributed by atoms with van der Waals surface area (Å²) in [5, 5.41) is 26.2. The van der Waals surface area contributed by atoms with E-state index in [9.17, 15) is 29.4 Å². The number of benzene rings is 1. The molecule has 7 N–H and O–H groups in total. The summed E-state index contributed by atoms with van der Waals surface area (Å²) in [7, 11) is 0. The lowest BCUT2D eigenvalue weighted by Crippen LogP contribution is -2.56. The van der Waals surface area contributed by atoms with Crippen LogP contribution in [-0.4, -0.2) is 75.8 Å². The van der Waals surface area contributed by atoms with Crippen molar-refractivity contribution in [3.63, 3.8) is 0 Å². The number of hydrogen-bond donors (Lipinski definition) is 7. The number of nitrogens with two attached hydrogens (primary N) is 1. The minimum atomic E-state index is -1.24. The van der Waals surface area contributed by atoms with Crippen LogP contribution >= 0.6 is 24.4 Å². The number of thioether (sulfide) groups is 1. The first-order valence-corrected chi connectivity index (χ1v) is 11.9. The highest BCUT2D eigenvalue weighted by Gasteiger charge is 2.28. The summed E-state index contributed by atoms with van der Waals surface area (Å²) in [5.74, 6) is -2.30. The predicted molar refractivity (Wildman–Crippen MR) is 126 cm³/mol. The summed E-state index contributed by atoms with van der Waals surface area (Å²) in [4.78, 5) is 48.8. The number of rotatable bonds is 13. The zero-order valence-corrected chi connectivity index (χ0v) is 19.6. The van der Waals surface area contributed by atoms with E-state index < -0.39 is 47.9 Å². The molecule has 0 fully saturated rings. The fourth-order valence-corrected chi connectivity index (χ4v) is 3.25. The van der Waals surface area contributed by atoms with Crippen LogP contribution in [0.15, 0.2) is 24.3 Å². The molecule has 1 rings (SSSR count). The monoisotopic (exact) mass is 486 g/mol. The molecule has 0 radical (unpaired) electrons. The van der Waals surface area contributed by atoms with Gasteiger partial charge in [0.05, 0.1) is 6.04 Å². The van der Waals surface area contributed by atoms with Gasteiger partial charge in [-0.25, -0.2) is 4.79 Å². The molecule has 0 aliphatic rings. The minimum Gasteiger partial charge on any atom is -0.508 e. The average molecular weight is 487 g/mol. The Hall–Kier alpha value is -2.44. The molecule has 1 aromatic carbocycles. The van der Waals surface area contributed by atoms with Crippen LogP contribution in [0.4, 0.5) is 0 Å². The number of nitrogens with one attached hydrogen (secondary N) is 3. The van der Waals surface area contributed by atoms with Crippen molar-refractivity contribution in [1.29, 1.82) is 0 Å².